The first-order valence-corrected chi connectivity index (χ1v) is 7.44. The van der Waals surface area contributed by atoms with Gasteiger partial charge in [0.25, 0.3) is 0 Å². The third-order valence-corrected chi connectivity index (χ3v) is 3.35. The van der Waals surface area contributed by atoms with E-state index in [4.69, 9.17) is 19.9 Å². The minimum atomic E-state index is 0.0653. The minimum Gasteiger partial charge on any atom is -0.497 e. The Morgan fingerprint density at radius 1 is 1.12 bits per heavy atom. The SMILES string of the molecule is COCC(C)Nc1ncnc(Nc2ccc(OC)cc2OC)c1N. The summed E-state index contributed by atoms with van der Waals surface area (Å²) in [6, 6.07) is 5.50. The van der Waals surface area contributed by atoms with Crippen molar-refractivity contribution in [3.8, 4) is 11.5 Å². The standard InChI is InChI=1S/C16H23N5O3/c1-10(8-22-2)20-15-14(17)16(19-9-18-15)21-12-6-5-11(23-3)7-13(12)24-4/h5-7,9-10H,8,17H2,1-4H3,(H2,18,19,20,21). The van der Waals surface area contributed by atoms with Crippen molar-refractivity contribution in [2.24, 2.45) is 0 Å². The number of hydrogen-bond donors (Lipinski definition) is 3. The lowest BCUT2D eigenvalue weighted by atomic mass is 10.2. The second-order valence-electron chi connectivity index (χ2n) is 5.18. The van der Waals surface area contributed by atoms with Crippen molar-refractivity contribution in [1.82, 2.24) is 9.97 Å². The second kappa shape index (κ2) is 8.21. The average molecular weight is 333 g/mol. The summed E-state index contributed by atoms with van der Waals surface area (Å²) in [4.78, 5) is 8.38. The summed E-state index contributed by atoms with van der Waals surface area (Å²) in [7, 11) is 4.83. The minimum absolute atomic E-state index is 0.0653. The maximum atomic E-state index is 6.17. The van der Waals surface area contributed by atoms with Gasteiger partial charge in [-0.3, -0.25) is 0 Å². The Balaban J connectivity index is 2.24. The zero-order valence-corrected chi connectivity index (χ0v) is 14.3. The molecule has 0 saturated carbocycles. The van der Waals surface area contributed by atoms with Crippen LogP contribution in [0.4, 0.5) is 23.0 Å². The van der Waals surface area contributed by atoms with Crippen molar-refractivity contribution in [2.75, 3.05) is 44.3 Å². The highest BCUT2D eigenvalue weighted by molar-refractivity contribution is 5.79. The van der Waals surface area contributed by atoms with Crippen LogP contribution in [-0.4, -0.2) is 43.9 Å². The van der Waals surface area contributed by atoms with Crippen molar-refractivity contribution in [1.29, 1.82) is 0 Å². The highest BCUT2D eigenvalue weighted by atomic mass is 16.5. The van der Waals surface area contributed by atoms with Gasteiger partial charge in [0.05, 0.1) is 26.5 Å². The molecule has 0 spiro atoms. The third-order valence-electron chi connectivity index (χ3n) is 3.35. The fourth-order valence-electron chi connectivity index (χ4n) is 2.16. The summed E-state index contributed by atoms with van der Waals surface area (Å²) in [5.74, 6) is 2.35. The zero-order chi connectivity index (χ0) is 17.5. The van der Waals surface area contributed by atoms with Crippen LogP contribution in [-0.2, 0) is 4.74 Å². The third kappa shape index (κ3) is 4.17. The molecule has 0 radical (unpaired) electrons. The molecule has 0 fully saturated rings. The number of nitrogens with one attached hydrogen (secondary N) is 2. The number of hydrogen-bond acceptors (Lipinski definition) is 8. The number of benzene rings is 1. The van der Waals surface area contributed by atoms with Crippen molar-refractivity contribution >= 4 is 23.0 Å². The molecule has 1 aromatic heterocycles. The second-order valence-corrected chi connectivity index (χ2v) is 5.18. The Morgan fingerprint density at radius 3 is 2.54 bits per heavy atom. The van der Waals surface area contributed by atoms with Crippen molar-refractivity contribution in [3.63, 3.8) is 0 Å². The molecule has 0 bridgehead atoms. The molecular weight excluding hydrogens is 310 g/mol. The highest BCUT2D eigenvalue weighted by Gasteiger charge is 2.13. The van der Waals surface area contributed by atoms with E-state index < -0.39 is 0 Å². The Kier molecular flexibility index (Phi) is 6.02. The van der Waals surface area contributed by atoms with Gasteiger partial charge in [-0.25, -0.2) is 9.97 Å². The van der Waals surface area contributed by atoms with E-state index in [9.17, 15) is 0 Å². The predicted octanol–water partition coefficient (Wildman–Crippen LogP) is 2.27. The van der Waals surface area contributed by atoms with E-state index in [0.717, 1.165) is 5.69 Å². The van der Waals surface area contributed by atoms with Crippen LogP contribution >= 0.6 is 0 Å². The Hall–Kier alpha value is -2.74. The first kappa shape index (κ1) is 17.6. The normalized spacial score (nSPS) is 11.7. The van der Waals surface area contributed by atoms with Gasteiger partial charge in [0.1, 0.15) is 23.5 Å². The van der Waals surface area contributed by atoms with Crippen LogP contribution < -0.4 is 25.8 Å². The van der Waals surface area contributed by atoms with Gasteiger partial charge >= 0.3 is 0 Å². The fourth-order valence-corrected chi connectivity index (χ4v) is 2.16. The Morgan fingerprint density at radius 2 is 1.88 bits per heavy atom. The summed E-state index contributed by atoms with van der Waals surface area (Å²) < 4.78 is 15.7. The molecule has 0 aliphatic carbocycles. The smallest absolute Gasteiger partial charge is 0.159 e. The summed E-state index contributed by atoms with van der Waals surface area (Å²) in [5, 5.41) is 6.35. The molecule has 1 aromatic carbocycles. The molecule has 24 heavy (non-hydrogen) atoms. The molecule has 1 atom stereocenters. The van der Waals surface area contributed by atoms with E-state index in [1.807, 2.05) is 19.1 Å². The van der Waals surface area contributed by atoms with Crippen molar-refractivity contribution in [2.45, 2.75) is 13.0 Å². The first-order valence-electron chi connectivity index (χ1n) is 7.44. The average Bonchev–Trinajstić information content (AvgIpc) is 2.59. The zero-order valence-electron chi connectivity index (χ0n) is 14.3. The Labute approximate surface area is 141 Å². The van der Waals surface area contributed by atoms with Gasteiger partial charge in [0, 0.05) is 19.2 Å². The van der Waals surface area contributed by atoms with Crippen LogP contribution in [0.1, 0.15) is 6.92 Å². The number of nitrogen functional groups attached to an aromatic ring is 1. The number of aromatic nitrogens is 2. The van der Waals surface area contributed by atoms with Crippen LogP contribution in [0.15, 0.2) is 24.5 Å². The lowest BCUT2D eigenvalue weighted by Crippen LogP contribution is -2.22. The van der Waals surface area contributed by atoms with E-state index in [1.165, 1.54) is 6.33 Å². The van der Waals surface area contributed by atoms with E-state index in [-0.39, 0.29) is 6.04 Å². The van der Waals surface area contributed by atoms with Gasteiger partial charge in [0.15, 0.2) is 11.6 Å². The quantitative estimate of drug-likeness (QED) is 0.676. The fraction of sp³-hybridized carbons (Fsp3) is 0.375. The first-order chi connectivity index (χ1) is 11.6. The van der Waals surface area contributed by atoms with Gasteiger partial charge in [-0.2, -0.15) is 0 Å². The van der Waals surface area contributed by atoms with Gasteiger partial charge in [-0.15, -0.1) is 0 Å². The molecule has 0 aliphatic rings. The van der Waals surface area contributed by atoms with Gasteiger partial charge < -0.3 is 30.6 Å². The molecule has 1 unspecified atom stereocenters. The van der Waals surface area contributed by atoms with Crippen LogP contribution in [0.3, 0.4) is 0 Å². The molecule has 4 N–H and O–H groups in total. The summed E-state index contributed by atoms with van der Waals surface area (Å²) in [6.45, 7) is 2.52. The van der Waals surface area contributed by atoms with E-state index in [2.05, 4.69) is 20.6 Å². The van der Waals surface area contributed by atoms with Crippen LogP contribution in [0.25, 0.3) is 0 Å². The van der Waals surface area contributed by atoms with Crippen molar-refractivity contribution < 1.29 is 14.2 Å². The van der Waals surface area contributed by atoms with Gasteiger partial charge in [0.2, 0.25) is 0 Å². The molecule has 8 heteroatoms. The molecule has 1 heterocycles. The number of nitrogens with two attached hydrogens (primary N) is 1. The monoisotopic (exact) mass is 333 g/mol. The van der Waals surface area contributed by atoms with E-state index >= 15 is 0 Å². The number of methoxy groups -OCH3 is 3. The molecule has 0 amide bonds. The summed E-state index contributed by atoms with van der Waals surface area (Å²) in [5.41, 5.74) is 7.30. The molecule has 8 nitrogen and oxygen atoms in total. The number of nitrogens with zero attached hydrogens (tertiary/aromatic N) is 2. The van der Waals surface area contributed by atoms with Crippen LogP contribution in [0, 0.1) is 0 Å². The maximum absolute atomic E-state index is 6.17. The lowest BCUT2D eigenvalue weighted by molar-refractivity contribution is 0.190. The van der Waals surface area contributed by atoms with Crippen LogP contribution in [0.5, 0.6) is 11.5 Å². The topological polar surface area (TPSA) is 104 Å². The largest absolute Gasteiger partial charge is 0.497 e. The lowest BCUT2D eigenvalue weighted by Gasteiger charge is -2.17. The van der Waals surface area contributed by atoms with Crippen LogP contribution in [0.2, 0.25) is 0 Å². The predicted molar refractivity (Wildman–Crippen MR) is 94.2 cm³/mol. The van der Waals surface area contributed by atoms with Gasteiger partial charge in [-0.1, -0.05) is 0 Å². The number of ether oxygens (including phenoxy) is 3. The summed E-state index contributed by atoms with van der Waals surface area (Å²) in [6.07, 6.45) is 1.44. The highest BCUT2D eigenvalue weighted by Crippen LogP contribution is 2.33. The van der Waals surface area contributed by atoms with Gasteiger partial charge in [-0.05, 0) is 19.1 Å². The molecular formula is C16H23N5O3. The molecule has 130 valence electrons. The molecule has 0 aliphatic heterocycles. The maximum Gasteiger partial charge on any atom is 0.159 e. The molecule has 0 saturated heterocycles. The van der Waals surface area contributed by atoms with Crippen molar-refractivity contribution in [3.05, 3.63) is 24.5 Å². The summed E-state index contributed by atoms with van der Waals surface area (Å²) >= 11 is 0. The molecule has 2 aromatic rings. The van der Waals surface area contributed by atoms with E-state index in [0.29, 0.717) is 35.4 Å². The number of anilines is 4. The number of rotatable bonds is 8. The van der Waals surface area contributed by atoms with E-state index in [1.54, 1.807) is 27.4 Å². The molecule has 2 rings (SSSR count). The Bertz CT molecular complexity index is 681.